The first-order valence-electron chi connectivity index (χ1n) is 7.80. The topological polar surface area (TPSA) is 72.7 Å². The van der Waals surface area contributed by atoms with E-state index in [4.69, 9.17) is 0 Å². The number of allylic oxidation sites excluding steroid dienone is 1. The fraction of sp³-hybridized carbons (Fsp3) is 0.111. The summed E-state index contributed by atoms with van der Waals surface area (Å²) in [7, 11) is 0. The van der Waals surface area contributed by atoms with Gasteiger partial charge in [0.25, 0.3) is 0 Å². The molecule has 0 saturated heterocycles. The van der Waals surface area contributed by atoms with Gasteiger partial charge in [0.2, 0.25) is 5.91 Å². The van der Waals surface area contributed by atoms with Crippen molar-refractivity contribution in [3.63, 3.8) is 0 Å². The number of aromatic nitrogens is 4. The Kier molecular flexibility index (Phi) is 5.75. The van der Waals surface area contributed by atoms with Crippen LogP contribution in [0.1, 0.15) is 0 Å². The number of nitrogens with zero attached hydrogens (tertiary/aromatic N) is 4. The summed E-state index contributed by atoms with van der Waals surface area (Å²) in [4.78, 5) is 16.1. The molecule has 0 radical (unpaired) electrons. The number of carbonyl (C=O) groups is 1. The van der Waals surface area contributed by atoms with E-state index in [9.17, 15) is 9.18 Å². The summed E-state index contributed by atoms with van der Waals surface area (Å²) >= 11 is 1.27. The highest BCUT2D eigenvalue weighted by molar-refractivity contribution is 7.99. The van der Waals surface area contributed by atoms with Crippen molar-refractivity contribution in [3.8, 4) is 11.4 Å². The van der Waals surface area contributed by atoms with Gasteiger partial charge >= 0.3 is 0 Å². The summed E-state index contributed by atoms with van der Waals surface area (Å²) in [5.41, 5.74) is 1.43. The summed E-state index contributed by atoms with van der Waals surface area (Å²) in [5, 5.41) is 11.7. The Morgan fingerprint density at radius 2 is 1.92 bits per heavy atom. The summed E-state index contributed by atoms with van der Waals surface area (Å²) in [6.45, 7) is 4.28. The van der Waals surface area contributed by atoms with Gasteiger partial charge in [-0.2, -0.15) is 0 Å². The average molecular weight is 369 g/mol. The number of nitrogens with one attached hydrogen (secondary N) is 1. The van der Waals surface area contributed by atoms with E-state index in [1.165, 1.54) is 36.0 Å². The molecule has 3 aromatic rings. The van der Waals surface area contributed by atoms with Gasteiger partial charge in [0.15, 0.2) is 11.0 Å². The minimum atomic E-state index is -0.349. The van der Waals surface area contributed by atoms with Crippen LogP contribution in [0.2, 0.25) is 0 Å². The van der Waals surface area contributed by atoms with Gasteiger partial charge in [0.05, 0.1) is 5.75 Å². The number of anilines is 1. The SMILES string of the molecule is C=CCn1c(SCC(=O)Nc2ccc(F)cc2)nnc1-c1ccncc1. The van der Waals surface area contributed by atoms with Crippen LogP contribution in [-0.2, 0) is 11.3 Å². The van der Waals surface area contributed by atoms with Crippen molar-refractivity contribution in [1.82, 2.24) is 19.7 Å². The summed E-state index contributed by atoms with van der Waals surface area (Å²) in [5.74, 6) is 0.288. The minimum Gasteiger partial charge on any atom is -0.325 e. The number of pyridine rings is 1. The molecule has 132 valence electrons. The molecule has 3 rings (SSSR count). The highest BCUT2D eigenvalue weighted by Crippen LogP contribution is 2.23. The fourth-order valence-corrected chi connectivity index (χ4v) is 3.01. The largest absolute Gasteiger partial charge is 0.325 e. The monoisotopic (exact) mass is 369 g/mol. The van der Waals surface area contributed by atoms with Crippen molar-refractivity contribution >= 4 is 23.4 Å². The number of halogens is 1. The van der Waals surface area contributed by atoms with E-state index in [2.05, 4.69) is 27.1 Å². The third-order valence-electron chi connectivity index (χ3n) is 3.43. The molecule has 0 aliphatic rings. The highest BCUT2D eigenvalue weighted by atomic mass is 32.2. The molecule has 0 aliphatic heterocycles. The molecular formula is C18H16FN5OS. The van der Waals surface area contributed by atoms with Crippen LogP contribution >= 0.6 is 11.8 Å². The van der Waals surface area contributed by atoms with Gasteiger partial charge < -0.3 is 5.32 Å². The van der Waals surface area contributed by atoms with Crippen LogP contribution in [-0.4, -0.2) is 31.4 Å². The van der Waals surface area contributed by atoms with E-state index in [-0.39, 0.29) is 17.5 Å². The van der Waals surface area contributed by atoms with Crippen LogP contribution in [0.3, 0.4) is 0 Å². The molecule has 0 atom stereocenters. The van der Waals surface area contributed by atoms with Gasteiger partial charge in [0, 0.05) is 30.2 Å². The Balaban J connectivity index is 1.69. The molecule has 0 bridgehead atoms. The van der Waals surface area contributed by atoms with E-state index in [0.717, 1.165) is 5.56 Å². The van der Waals surface area contributed by atoms with Crippen molar-refractivity contribution in [2.75, 3.05) is 11.1 Å². The quantitative estimate of drug-likeness (QED) is 0.510. The molecule has 0 unspecified atom stereocenters. The molecule has 1 amide bonds. The third-order valence-corrected chi connectivity index (χ3v) is 4.39. The first-order valence-corrected chi connectivity index (χ1v) is 8.78. The van der Waals surface area contributed by atoms with Crippen molar-refractivity contribution in [2.24, 2.45) is 0 Å². The maximum absolute atomic E-state index is 12.9. The Morgan fingerprint density at radius 1 is 1.19 bits per heavy atom. The second-order valence-corrected chi connectivity index (χ2v) is 6.23. The van der Waals surface area contributed by atoms with Crippen LogP contribution in [0.4, 0.5) is 10.1 Å². The zero-order chi connectivity index (χ0) is 18.4. The molecule has 1 aromatic carbocycles. The summed E-state index contributed by atoms with van der Waals surface area (Å²) < 4.78 is 14.8. The second-order valence-electron chi connectivity index (χ2n) is 5.29. The maximum Gasteiger partial charge on any atom is 0.234 e. The van der Waals surface area contributed by atoms with Gasteiger partial charge in [-0.1, -0.05) is 17.8 Å². The molecule has 0 fully saturated rings. The van der Waals surface area contributed by atoms with Crippen LogP contribution in [0.15, 0.2) is 66.6 Å². The molecule has 2 aromatic heterocycles. The van der Waals surface area contributed by atoms with Crippen molar-refractivity contribution in [2.45, 2.75) is 11.7 Å². The number of rotatable bonds is 7. The first kappa shape index (κ1) is 17.8. The smallest absolute Gasteiger partial charge is 0.234 e. The number of amides is 1. The molecule has 1 N–H and O–H groups in total. The van der Waals surface area contributed by atoms with Crippen molar-refractivity contribution < 1.29 is 9.18 Å². The first-order chi connectivity index (χ1) is 12.7. The van der Waals surface area contributed by atoms with Gasteiger partial charge in [-0.25, -0.2) is 4.39 Å². The standard InChI is InChI=1S/C18H16FN5OS/c1-2-11-24-17(13-7-9-20-10-8-13)22-23-18(24)26-12-16(25)21-15-5-3-14(19)4-6-15/h2-10H,1,11-12H2,(H,21,25). The van der Waals surface area contributed by atoms with Crippen LogP contribution < -0.4 is 5.32 Å². The zero-order valence-corrected chi connectivity index (χ0v) is 14.6. The number of carbonyl (C=O) groups excluding carboxylic acids is 1. The van der Waals surface area contributed by atoms with Gasteiger partial charge in [-0.05, 0) is 36.4 Å². The van der Waals surface area contributed by atoms with Gasteiger partial charge in [-0.3, -0.25) is 14.3 Å². The molecule has 0 aliphatic carbocycles. The summed E-state index contributed by atoms with van der Waals surface area (Å²) in [6.07, 6.45) is 5.12. The van der Waals surface area contributed by atoms with E-state index >= 15 is 0 Å². The molecule has 0 spiro atoms. The van der Waals surface area contributed by atoms with Gasteiger partial charge in [0.1, 0.15) is 5.82 Å². The Hall–Kier alpha value is -3.00. The third kappa shape index (κ3) is 4.34. The zero-order valence-electron chi connectivity index (χ0n) is 13.8. The lowest BCUT2D eigenvalue weighted by Gasteiger charge is -2.08. The Morgan fingerprint density at radius 3 is 2.62 bits per heavy atom. The number of thioether (sulfide) groups is 1. The fourth-order valence-electron chi connectivity index (χ4n) is 2.26. The second kappa shape index (κ2) is 8.39. The van der Waals surface area contributed by atoms with E-state index < -0.39 is 0 Å². The maximum atomic E-state index is 12.9. The lowest BCUT2D eigenvalue weighted by molar-refractivity contribution is -0.113. The van der Waals surface area contributed by atoms with Crippen LogP contribution in [0, 0.1) is 5.82 Å². The molecule has 6 nitrogen and oxygen atoms in total. The van der Waals surface area contributed by atoms with E-state index in [0.29, 0.717) is 23.2 Å². The number of hydrogen-bond acceptors (Lipinski definition) is 5. The van der Waals surface area contributed by atoms with Gasteiger partial charge in [-0.15, -0.1) is 16.8 Å². The summed E-state index contributed by atoms with van der Waals surface area (Å²) in [6, 6.07) is 9.31. The van der Waals surface area contributed by atoms with E-state index in [1.807, 2.05) is 16.7 Å². The predicted molar refractivity (Wildman–Crippen MR) is 99.2 cm³/mol. The molecular weight excluding hydrogens is 353 g/mol. The minimum absolute atomic E-state index is 0.156. The average Bonchev–Trinajstić information content (AvgIpc) is 3.06. The predicted octanol–water partition coefficient (Wildman–Crippen LogP) is 3.40. The van der Waals surface area contributed by atoms with Crippen molar-refractivity contribution in [1.29, 1.82) is 0 Å². The van der Waals surface area contributed by atoms with Crippen molar-refractivity contribution in [3.05, 3.63) is 67.3 Å². The lowest BCUT2D eigenvalue weighted by Crippen LogP contribution is -2.14. The van der Waals surface area contributed by atoms with E-state index in [1.54, 1.807) is 18.5 Å². The Bertz CT molecular complexity index is 896. The molecule has 0 saturated carbocycles. The number of benzene rings is 1. The highest BCUT2D eigenvalue weighted by Gasteiger charge is 2.15. The molecule has 8 heteroatoms. The van der Waals surface area contributed by atoms with Crippen LogP contribution in [0.5, 0.6) is 0 Å². The lowest BCUT2D eigenvalue weighted by atomic mass is 10.2. The Labute approximate surface area is 154 Å². The normalized spacial score (nSPS) is 10.5. The molecule has 26 heavy (non-hydrogen) atoms. The molecule has 2 heterocycles. The van der Waals surface area contributed by atoms with Crippen LogP contribution in [0.25, 0.3) is 11.4 Å². The number of hydrogen-bond donors (Lipinski definition) is 1.